The largest absolute Gasteiger partial charge is 0.467 e. The molecule has 2 unspecified atom stereocenters. The van der Waals surface area contributed by atoms with Gasteiger partial charge in [0, 0.05) is 31.1 Å². The Morgan fingerprint density at radius 2 is 2.30 bits per heavy atom. The first-order chi connectivity index (χ1) is 11.2. The summed E-state index contributed by atoms with van der Waals surface area (Å²) in [7, 11) is 0. The molecule has 120 valence electrons. The molecule has 6 heteroatoms. The second kappa shape index (κ2) is 5.62. The third-order valence-corrected chi connectivity index (χ3v) is 4.48. The molecule has 0 saturated carbocycles. The molecule has 3 aromatic heterocycles. The summed E-state index contributed by atoms with van der Waals surface area (Å²) < 4.78 is 10.5. The van der Waals surface area contributed by atoms with E-state index in [1.807, 2.05) is 4.90 Å². The Hall–Kier alpha value is -2.47. The number of aliphatic hydroxyl groups excluding tert-OH is 1. The summed E-state index contributed by atoms with van der Waals surface area (Å²) >= 11 is 0. The molecule has 2 N–H and O–H groups in total. The lowest BCUT2D eigenvalue weighted by atomic mass is 10.0. The number of furan rings is 2. The topological polar surface area (TPSA) is 82.6 Å². The maximum absolute atomic E-state index is 12.7. The molecular formula is C17H18N2O4. The predicted molar refractivity (Wildman–Crippen MR) is 82.9 cm³/mol. The number of carbonyl (C=O) groups is 1. The zero-order valence-corrected chi connectivity index (χ0v) is 12.6. The summed E-state index contributed by atoms with van der Waals surface area (Å²) in [5.74, 6) is 0.493. The monoisotopic (exact) mass is 314 g/mol. The first-order valence-electron chi connectivity index (χ1n) is 7.81. The molecule has 1 saturated heterocycles. The molecular weight excluding hydrogens is 296 g/mol. The van der Waals surface area contributed by atoms with E-state index in [1.54, 1.807) is 36.8 Å². The summed E-state index contributed by atoms with van der Waals surface area (Å²) in [6.45, 7) is 0.703. The zero-order chi connectivity index (χ0) is 15.8. The van der Waals surface area contributed by atoms with Crippen molar-refractivity contribution in [2.75, 3.05) is 6.54 Å². The number of hydrogen-bond donors (Lipinski definition) is 2. The van der Waals surface area contributed by atoms with E-state index in [0.717, 1.165) is 18.4 Å². The number of amides is 1. The summed E-state index contributed by atoms with van der Waals surface area (Å²) in [4.78, 5) is 17.7. The van der Waals surface area contributed by atoms with Gasteiger partial charge in [-0.2, -0.15) is 0 Å². The van der Waals surface area contributed by atoms with Gasteiger partial charge in [0.05, 0.1) is 18.0 Å². The quantitative estimate of drug-likeness (QED) is 0.775. The highest BCUT2D eigenvalue weighted by molar-refractivity contribution is 5.97. The van der Waals surface area contributed by atoms with Gasteiger partial charge in [0.25, 0.3) is 5.91 Å². The number of fused-ring (bicyclic) bond motifs is 1. The van der Waals surface area contributed by atoms with Gasteiger partial charge in [-0.05, 0) is 25.0 Å². The van der Waals surface area contributed by atoms with Crippen LogP contribution >= 0.6 is 0 Å². The van der Waals surface area contributed by atoms with Crippen LogP contribution in [0.5, 0.6) is 0 Å². The lowest BCUT2D eigenvalue weighted by Gasteiger charge is -2.25. The zero-order valence-electron chi connectivity index (χ0n) is 12.6. The third-order valence-electron chi connectivity index (χ3n) is 4.48. The Labute approximate surface area is 132 Å². The number of carbonyl (C=O) groups excluding carboxylic acids is 1. The first-order valence-corrected chi connectivity index (χ1v) is 7.81. The average molecular weight is 314 g/mol. The molecule has 0 bridgehead atoms. The number of rotatable bonds is 4. The van der Waals surface area contributed by atoms with Crippen molar-refractivity contribution in [3.63, 3.8) is 0 Å². The molecule has 0 aromatic carbocycles. The molecule has 23 heavy (non-hydrogen) atoms. The number of aromatic nitrogens is 1. The molecule has 2 atom stereocenters. The van der Waals surface area contributed by atoms with Crippen molar-refractivity contribution in [1.29, 1.82) is 0 Å². The highest BCUT2D eigenvalue weighted by Crippen LogP contribution is 2.29. The van der Waals surface area contributed by atoms with E-state index in [4.69, 9.17) is 8.83 Å². The molecule has 0 aliphatic carbocycles. The second-order valence-corrected chi connectivity index (χ2v) is 5.94. The van der Waals surface area contributed by atoms with Crippen LogP contribution in [0.3, 0.4) is 0 Å². The fraction of sp³-hybridized carbons (Fsp3) is 0.353. The van der Waals surface area contributed by atoms with Crippen molar-refractivity contribution >= 4 is 17.0 Å². The Bertz CT molecular complexity index is 773. The number of nitrogens with zero attached hydrogens (tertiary/aromatic N) is 1. The minimum atomic E-state index is -0.691. The SMILES string of the molecule is O=C(c1cc2occc2[nH]1)N1CCCC1CC(O)c1ccco1. The number of aromatic amines is 1. The molecule has 0 radical (unpaired) electrons. The van der Waals surface area contributed by atoms with E-state index in [0.29, 0.717) is 30.0 Å². The molecule has 6 nitrogen and oxygen atoms in total. The van der Waals surface area contributed by atoms with Crippen LogP contribution < -0.4 is 0 Å². The van der Waals surface area contributed by atoms with Crippen LogP contribution in [-0.4, -0.2) is 33.5 Å². The minimum absolute atomic E-state index is 0.0113. The van der Waals surface area contributed by atoms with E-state index in [9.17, 15) is 9.90 Å². The van der Waals surface area contributed by atoms with Crippen LogP contribution in [-0.2, 0) is 0 Å². The lowest BCUT2D eigenvalue weighted by molar-refractivity contribution is 0.0637. The maximum atomic E-state index is 12.7. The molecule has 1 aliphatic heterocycles. The number of aliphatic hydroxyl groups is 1. The van der Waals surface area contributed by atoms with Gasteiger partial charge in [-0.15, -0.1) is 0 Å². The smallest absolute Gasteiger partial charge is 0.270 e. The number of H-pyrrole nitrogens is 1. The predicted octanol–water partition coefficient (Wildman–Crippen LogP) is 3.08. The van der Waals surface area contributed by atoms with Gasteiger partial charge < -0.3 is 23.8 Å². The number of hydrogen-bond acceptors (Lipinski definition) is 4. The van der Waals surface area contributed by atoms with E-state index >= 15 is 0 Å². The van der Waals surface area contributed by atoms with Gasteiger partial charge in [0.15, 0.2) is 5.58 Å². The van der Waals surface area contributed by atoms with Crippen molar-refractivity contribution in [3.05, 3.63) is 48.2 Å². The molecule has 4 rings (SSSR count). The number of nitrogens with one attached hydrogen (secondary N) is 1. The molecule has 0 spiro atoms. The Morgan fingerprint density at radius 1 is 1.39 bits per heavy atom. The van der Waals surface area contributed by atoms with Gasteiger partial charge in [-0.3, -0.25) is 4.79 Å². The van der Waals surface area contributed by atoms with Crippen LogP contribution in [0.25, 0.3) is 11.1 Å². The molecule has 1 aliphatic rings. The Kier molecular flexibility index (Phi) is 3.46. The van der Waals surface area contributed by atoms with E-state index in [1.165, 1.54) is 0 Å². The lowest BCUT2D eigenvalue weighted by Crippen LogP contribution is -2.36. The second-order valence-electron chi connectivity index (χ2n) is 5.94. The van der Waals surface area contributed by atoms with Gasteiger partial charge in [-0.1, -0.05) is 0 Å². The van der Waals surface area contributed by atoms with Crippen LogP contribution in [0.2, 0.25) is 0 Å². The highest BCUT2D eigenvalue weighted by atomic mass is 16.4. The van der Waals surface area contributed by atoms with Crippen LogP contribution in [0, 0.1) is 0 Å². The van der Waals surface area contributed by atoms with E-state index in [2.05, 4.69) is 4.98 Å². The van der Waals surface area contributed by atoms with Crippen molar-refractivity contribution in [3.8, 4) is 0 Å². The van der Waals surface area contributed by atoms with E-state index < -0.39 is 6.10 Å². The summed E-state index contributed by atoms with van der Waals surface area (Å²) in [5, 5.41) is 10.3. The summed E-state index contributed by atoms with van der Waals surface area (Å²) in [6, 6.07) is 7.05. The molecule has 3 aromatic rings. The third kappa shape index (κ3) is 2.55. The van der Waals surface area contributed by atoms with Crippen molar-refractivity contribution < 1.29 is 18.7 Å². The highest BCUT2D eigenvalue weighted by Gasteiger charge is 2.32. The standard InChI is InChI=1S/C17H18N2O4/c20-14(15-4-2-7-22-15)9-11-3-1-6-19(11)17(21)13-10-16-12(18-13)5-8-23-16/h2,4-5,7-8,10-11,14,18,20H,1,3,6,9H2. The average Bonchev–Trinajstić information content (AvgIpc) is 3.29. The van der Waals surface area contributed by atoms with E-state index in [-0.39, 0.29) is 11.9 Å². The minimum Gasteiger partial charge on any atom is -0.467 e. The van der Waals surface area contributed by atoms with Crippen molar-refractivity contribution in [2.45, 2.75) is 31.4 Å². The van der Waals surface area contributed by atoms with Crippen LogP contribution in [0.1, 0.15) is 41.6 Å². The Balaban J connectivity index is 1.50. The van der Waals surface area contributed by atoms with Gasteiger partial charge in [-0.25, -0.2) is 0 Å². The fourth-order valence-electron chi connectivity index (χ4n) is 3.32. The van der Waals surface area contributed by atoms with Crippen LogP contribution in [0.15, 0.2) is 45.6 Å². The normalized spacial score (nSPS) is 19.5. The summed E-state index contributed by atoms with van der Waals surface area (Å²) in [5.41, 5.74) is 2.03. The molecule has 1 fully saturated rings. The molecule has 1 amide bonds. The van der Waals surface area contributed by atoms with Gasteiger partial charge >= 0.3 is 0 Å². The van der Waals surface area contributed by atoms with Crippen LogP contribution in [0.4, 0.5) is 0 Å². The first kappa shape index (κ1) is 14.1. The maximum Gasteiger partial charge on any atom is 0.270 e. The Morgan fingerprint density at radius 3 is 3.09 bits per heavy atom. The van der Waals surface area contributed by atoms with Crippen molar-refractivity contribution in [1.82, 2.24) is 9.88 Å². The summed E-state index contributed by atoms with van der Waals surface area (Å²) in [6.07, 6.45) is 4.76. The van der Waals surface area contributed by atoms with Crippen molar-refractivity contribution in [2.24, 2.45) is 0 Å². The molecule has 4 heterocycles. The number of likely N-dealkylation sites (tertiary alicyclic amines) is 1. The fourth-order valence-corrected chi connectivity index (χ4v) is 3.32. The van der Waals surface area contributed by atoms with Gasteiger partial charge in [0.2, 0.25) is 0 Å². The van der Waals surface area contributed by atoms with Gasteiger partial charge in [0.1, 0.15) is 17.6 Å².